The standard InChI is InChI=1S/C14H18N2O3/c1-9(2)8-19-11-6-4-10(5-7-11)14(3)12(17)15-13(18)16-14/h4-7,9H,8H2,1-3H3,(H2,15,16,17,18)/p-1/t14-/m0/s1. The molecule has 1 atom stereocenters. The molecule has 1 amide bonds. The molecule has 0 saturated heterocycles. The van der Waals surface area contributed by atoms with Gasteiger partial charge in [0.15, 0.2) is 5.54 Å². The summed E-state index contributed by atoms with van der Waals surface area (Å²) in [5, 5.41) is 13.3. The third-order valence-corrected chi connectivity index (χ3v) is 2.99. The first-order valence-electron chi connectivity index (χ1n) is 6.23. The highest BCUT2D eigenvalue weighted by Gasteiger charge is 2.38. The molecule has 5 heteroatoms. The van der Waals surface area contributed by atoms with Crippen molar-refractivity contribution in [1.82, 2.24) is 5.32 Å². The lowest BCUT2D eigenvalue weighted by atomic mass is 9.92. The molecule has 1 aromatic rings. The number of amides is 1. The quantitative estimate of drug-likeness (QED) is 0.870. The van der Waals surface area contributed by atoms with Gasteiger partial charge < -0.3 is 15.2 Å². The van der Waals surface area contributed by atoms with E-state index in [9.17, 15) is 9.90 Å². The number of amidine groups is 1. The van der Waals surface area contributed by atoms with Crippen LogP contribution < -0.4 is 15.2 Å². The van der Waals surface area contributed by atoms with E-state index in [1.54, 1.807) is 31.2 Å². The predicted octanol–water partition coefficient (Wildman–Crippen LogP) is 0.783. The average Bonchev–Trinajstić information content (AvgIpc) is 2.62. The Balaban J connectivity index is 2.17. The zero-order chi connectivity index (χ0) is 14.0. The maximum atomic E-state index is 11.7. The van der Waals surface area contributed by atoms with Crippen LogP contribution in [0.4, 0.5) is 0 Å². The van der Waals surface area contributed by atoms with Crippen LogP contribution >= 0.6 is 0 Å². The molecule has 0 bridgehead atoms. The van der Waals surface area contributed by atoms with Gasteiger partial charge in [0.25, 0.3) is 5.91 Å². The highest BCUT2D eigenvalue weighted by molar-refractivity contribution is 6.04. The maximum absolute atomic E-state index is 11.7. The van der Waals surface area contributed by atoms with Crippen molar-refractivity contribution in [1.29, 1.82) is 0 Å². The van der Waals surface area contributed by atoms with Crippen LogP contribution in [0.1, 0.15) is 26.3 Å². The number of benzene rings is 1. The van der Waals surface area contributed by atoms with E-state index in [0.29, 0.717) is 18.1 Å². The molecule has 0 saturated carbocycles. The Hall–Kier alpha value is -2.04. The number of aliphatic imine (C=N–C) groups is 1. The van der Waals surface area contributed by atoms with Crippen LogP contribution in [0, 0.1) is 5.92 Å². The van der Waals surface area contributed by atoms with Crippen LogP contribution in [0.5, 0.6) is 5.75 Å². The summed E-state index contributed by atoms with van der Waals surface area (Å²) < 4.78 is 5.57. The number of ether oxygens (including phenoxy) is 1. The molecule has 0 unspecified atom stereocenters. The molecule has 2 rings (SSSR count). The van der Waals surface area contributed by atoms with Crippen molar-refractivity contribution in [2.45, 2.75) is 26.3 Å². The number of nitrogens with one attached hydrogen (secondary N) is 1. The van der Waals surface area contributed by atoms with E-state index in [4.69, 9.17) is 4.74 Å². The van der Waals surface area contributed by atoms with Gasteiger partial charge in [0.05, 0.1) is 12.6 Å². The van der Waals surface area contributed by atoms with Crippen LogP contribution in [0.15, 0.2) is 29.3 Å². The molecule has 102 valence electrons. The summed E-state index contributed by atoms with van der Waals surface area (Å²) in [4.78, 5) is 15.6. The van der Waals surface area contributed by atoms with Crippen molar-refractivity contribution in [3.05, 3.63) is 29.8 Å². The van der Waals surface area contributed by atoms with Crippen molar-refractivity contribution in [3.63, 3.8) is 0 Å². The molecule has 0 spiro atoms. The van der Waals surface area contributed by atoms with E-state index >= 15 is 0 Å². The van der Waals surface area contributed by atoms with E-state index < -0.39 is 17.5 Å². The smallest absolute Gasteiger partial charge is 0.256 e. The summed E-state index contributed by atoms with van der Waals surface area (Å²) in [6.07, 6.45) is 0. The number of nitrogens with zero attached hydrogens (tertiary/aromatic N) is 1. The fourth-order valence-corrected chi connectivity index (χ4v) is 1.83. The molecule has 0 aliphatic carbocycles. The summed E-state index contributed by atoms with van der Waals surface area (Å²) in [5.74, 6) is 0.796. The number of hydrogen-bond donors (Lipinski definition) is 1. The monoisotopic (exact) mass is 261 g/mol. The van der Waals surface area contributed by atoms with E-state index in [-0.39, 0.29) is 0 Å². The van der Waals surface area contributed by atoms with Crippen molar-refractivity contribution in [2.75, 3.05) is 6.61 Å². The van der Waals surface area contributed by atoms with Gasteiger partial charge in [0.1, 0.15) is 5.75 Å². The molecule has 1 aromatic carbocycles. The van der Waals surface area contributed by atoms with Gasteiger partial charge in [-0.25, -0.2) is 0 Å². The third kappa shape index (κ3) is 2.70. The maximum Gasteiger partial charge on any atom is 0.256 e. The molecule has 0 radical (unpaired) electrons. The molecular formula is C14H17N2O3-. The normalized spacial score (nSPS) is 22.3. The minimum Gasteiger partial charge on any atom is -0.846 e. The molecular weight excluding hydrogens is 244 g/mol. The summed E-state index contributed by atoms with van der Waals surface area (Å²) in [5.41, 5.74) is -0.457. The van der Waals surface area contributed by atoms with Gasteiger partial charge in [0.2, 0.25) is 0 Å². The Labute approximate surface area is 112 Å². The molecule has 5 nitrogen and oxygen atoms in total. The summed E-state index contributed by atoms with van der Waals surface area (Å²) in [6.45, 7) is 6.41. The molecule has 19 heavy (non-hydrogen) atoms. The Kier molecular flexibility index (Phi) is 3.46. The Morgan fingerprint density at radius 2 is 2.00 bits per heavy atom. The zero-order valence-electron chi connectivity index (χ0n) is 11.3. The summed E-state index contributed by atoms with van der Waals surface area (Å²) >= 11 is 0. The topological polar surface area (TPSA) is 73.8 Å². The first-order valence-corrected chi connectivity index (χ1v) is 6.23. The van der Waals surface area contributed by atoms with Gasteiger partial charge in [-0.05, 0) is 30.5 Å². The van der Waals surface area contributed by atoms with Gasteiger partial charge in [-0.1, -0.05) is 26.0 Å². The highest BCUT2D eigenvalue weighted by Crippen LogP contribution is 2.29. The van der Waals surface area contributed by atoms with E-state index in [0.717, 1.165) is 5.75 Å². The van der Waals surface area contributed by atoms with Crippen LogP contribution in [0.3, 0.4) is 0 Å². The van der Waals surface area contributed by atoms with Crippen molar-refractivity contribution >= 4 is 11.9 Å². The van der Waals surface area contributed by atoms with Crippen molar-refractivity contribution < 1.29 is 14.6 Å². The number of carbonyl (C=O) groups is 1. The number of rotatable bonds is 4. The SMILES string of the molecule is CC(C)COc1ccc([C@]2(C)N=C([O-])NC2=O)cc1. The second-order valence-corrected chi connectivity index (χ2v) is 5.17. The predicted molar refractivity (Wildman–Crippen MR) is 69.7 cm³/mol. The fourth-order valence-electron chi connectivity index (χ4n) is 1.83. The molecule has 1 aliphatic heterocycles. The number of carbonyl (C=O) groups excluding carboxylic acids is 1. The highest BCUT2D eigenvalue weighted by atomic mass is 16.5. The van der Waals surface area contributed by atoms with Crippen molar-refractivity contribution in [3.8, 4) is 5.75 Å². The second kappa shape index (κ2) is 4.91. The van der Waals surface area contributed by atoms with Crippen LogP contribution in [-0.4, -0.2) is 18.5 Å². The molecule has 1 heterocycles. The summed E-state index contributed by atoms with van der Waals surface area (Å²) in [7, 11) is 0. The first-order chi connectivity index (χ1) is 8.91. The fraction of sp³-hybridized carbons (Fsp3) is 0.429. The first kappa shape index (κ1) is 13.4. The van der Waals surface area contributed by atoms with Crippen LogP contribution in [-0.2, 0) is 10.3 Å². The lowest BCUT2D eigenvalue weighted by molar-refractivity contribution is -0.220. The van der Waals surface area contributed by atoms with E-state index in [2.05, 4.69) is 24.2 Å². The lowest BCUT2D eigenvalue weighted by Gasteiger charge is -2.19. The zero-order valence-corrected chi connectivity index (χ0v) is 11.3. The van der Waals surface area contributed by atoms with Gasteiger partial charge in [-0.3, -0.25) is 9.79 Å². The van der Waals surface area contributed by atoms with E-state index in [1.807, 2.05) is 0 Å². The minimum atomic E-state index is -1.13. The van der Waals surface area contributed by atoms with Crippen LogP contribution in [0.25, 0.3) is 0 Å². The van der Waals surface area contributed by atoms with Crippen LogP contribution in [0.2, 0.25) is 0 Å². The summed E-state index contributed by atoms with van der Waals surface area (Å²) in [6, 6.07) is 6.50. The Morgan fingerprint density at radius 1 is 1.37 bits per heavy atom. The molecule has 1 N–H and O–H groups in total. The molecule has 0 fully saturated rings. The molecule has 0 aromatic heterocycles. The number of hydrogen-bond acceptors (Lipinski definition) is 4. The van der Waals surface area contributed by atoms with Gasteiger partial charge in [-0.15, -0.1) is 0 Å². The Morgan fingerprint density at radius 3 is 2.47 bits per heavy atom. The van der Waals surface area contributed by atoms with Gasteiger partial charge >= 0.3 is 0 Å². The minimum absolute atomic E-state index is 0.395. The largest absolute Gasteiger partial charge is 0.846 e. The van der Waals surface area contributed by atoms with Gasteiger partial charge in [-0.2, -0.15) is 0 Å². The third-order valence-electron chi connectivity index (χ3n) is 2.99. The lowest BCUT2D eigenvalue weighted by Crippen LogP contribution is -2.38. The Bertz CT molecular complexity index is 508. The van der Waals surface area contributed by atoms with Gasteiger partial charge in [0, 0.05) is 0 Å². The van der Waals surface area contributed by atoms with E-state index in [1.165, 1.54) is 0 Å². The molecule has 1 aliphatic rings. The van der Waals surface area contributed by atoms with Crippen molar-refractivity contribution in [2.24, 2.45) is 10.9 Å². The second-order valence-electron chi connectivity index (χ2n) is 5.17. The average molecular weight is 261 g/mol.